The van der Waals surface area contributed by atoms with E-state index in [1.54, 1.807) is 0 Å². The summed E-state index contributed by atoms with van der Waals surface area (Å²) in [4.78, 5) is 11.7. The molecule has 1 atom stereocenters. The molecule has 0 aromatic carbocycles. The first kappa shape index (κ1) is 16.7. The molecule has 0 aliphatic rings. The molecule has 1 N–H and O–H groups in total. The van der Waals surface area contributed by atoms with Gasteiger partial charge in [0.1, 0.15) is 17.5 Å². The Hall–Kier alpha value is -1.32. The van der Waals surface area contributed by atoms with Crippen molar-refractivity contribution in [3.63, 3.8) is 0 Å². The lowest BCUT2D eigenvalue weighted by Crippen LogP contribution is -2.34. The van der Waals surface area contributed by atoms with Crippen LogP contribution in [0.4, 0.5) is 11.6 Å². The SMILES string of the molecule is CCCCN(c1cc(NC)nc(CCC)n1)C(C)CC. The highest BCUT2D eigenvalue weighted by atomic mass is 15.2. The molecule has 1 rings (SSSR count). The lowest BCUT2D eigenvalue weighted by Gasteiger charge is -2.30. The van der Waals surface area contributed by atoms with Crippen LogP contribution in [0.15, 0.2) is 6.07 Å². The van der Waals surface area contributed by atoms with Crippen LogP contribution in [-0.4, -0.2) is 29.6 Å². The van der Waals surface area contributed by atoms with Crippen molar-refractivity contribution in [2.45, 2.75) is 65.8 Å². The Morgan fingerprint density at radius 2 is 1.95 bits per heavy atom. The van der Waals surface area contributed by atoms with E-state index in [0.717, 1.165) is 43.3 Å². The molecule has 0 bridgehead atoms. The molecule has 1 aromatic heterocycles. The third-order valence-electron chi connectivity index (χ3n) is 3.66. The minimum Gasteiger partial charge on any atom is -0.373 e. The fraction of sp³-hybridized carbons (Fsp3) is 0.750. The largest absolute Gasteiger partial charge is 0.373 e. The van der Waals surface area contributed by atoms with Crippen LogP contribution in [-0.2, 0) is 6.42 Å². The van der Waals surface area contributed by atoms with Gasteiger partial charge in [0.05, 0.1) is 0 Å². The Labute approximate surface area is 124 Å². The average molecular weight is 278 g/mol. The van der Waals surface area contributed by atoms with Gasteiger partial charge in [-0.05, 0) is 26.2 Å². The third kappa shape index (κ3) is 4.66. The van der Waals surface area contributed by atoms with Crippen molar-refractivity contribution in [2.24, 2.45) is 0 Å². The Balaban J connectivity index is 3.06. The summed E-state index contributed by atoms with van der Waals surface area (Å²) in [7, 11) is 1.92. The summed E-state index contributed by atoms with van der Waals surface area (Å²) in [5.41, 5.74) is 0. The predicted octanol–water partition coefficient (Wildman–Crippen LogP) is 3.88. The standard InChI is InChI=1S/C16H30N4/c1-6-9-11-20(13(4)8-3)16-12-15(17-5)18-14(19-16)10-7-2/h12-13H,6-11H2,1-5H3,(H,17,18,19). The molecule has 4 nitrogen and oxygen atoms in total. The van der Waals surface area contributed by atoms with Crippen molar-refractivity contribution in [1.29, 1.82) is 0 Å². The minimum atomic E-state index is 0.510. The van der Waals surface area contributed by atoms with Crippen LogP contribution >= 0.6 is 0 Å². The van der Waals surface area contributed by atoms with E-state index in [1.165, 1.54) is 12.8 Å². The molecule has 0 fully saturated rings. The smallest absolute Gasteiger partial charge is 0.134 e. The summed E-state index contributed by atoms with van der Waals surface area (Å²) in [6, 6.07) is 2.58. The van der Waals surface area contributed by atoms with E-state index in [9.17, 15) is 0 Å². The number of rotatable bonds is 9. The van der Waals surface area contributed by atoms with Gasteiger partial charge in [-0.15, -0.1) is 0 Å². The molecule has 0 radical (unpaired) electrons. The number of aryl methyl sites for hydroxylation is 1. The van der Waals surface area contributed by atoms with Gasteiger partial charge < -0.3 is 10.2 Å². The Morgan fingerprint density at radius 1 is 1.20 bits per heavy atom. The highest BCUT2D eigenvalue weighted by Gasteiger charge is 2.15. The normalized spacial score (nSPS) is 12.2. The second kappa shape index (κ2) is 8.77. The van der Waals surface area contributed by atoms with Crippen molar-refractivity contribution < 1.29 is 0 Å². The van der Waals surface area contributed by atoms with E-state index >= 15 is 0 Å². The van der Waals surface area contributed by atoms with E-state index < -0.39 is 0 Å². The molecule has 114 valence electrons. The summed E-state index contributed by atoms with van der Waals surface area (Å²) >= 11 is 0. The summed E-state index contributed by atoms with van der Waals surface area (Å²) in [6.07, 6.45) is 5.55. The van der Waals surface area contributed by atoms with Crippen LogP contribution in [0.3, 0.4) is 0 Å². The Kier molecular flexibility index (Phi) is 7.34. The fourth-order valence-electron chi connectivity index (χ4n) is 2.20. The number of nitrogens with zero attached hydrogens (tertiary/aromatic N) is 3. The third-order valence-corrected chi connectivity index (χ3v) is 3.66. The van der Waals surface area contributed by atoms with Gasteiger partial charge in [0.25, 0.3) is 0 Å². The van der Waals surface area contributed by atoms with Crippen molar-refractivity contribution >= 4 is 11.6 Å². The van der Waals surface area contributed by atoms with Gasteiger partial charge in [0.2, 0.25) is 0 Å². The Bertz CT molecular complexity index is 392. The molecule has 0 spiro atoms. The van der Waals surface area contributed by atoms with Gasteiger partial charge in [0, 0.05) is 32.1 Å². The number of unbranched alkanes of at least 4 members (excludes halogenated alkanes) is 1. The zero-order chi connectivity index (χ0) is 15.0. The monoisotopic (exact) mass is 278 g/mol. The summed E-state index contributed by atoms with van der Waals surface area (Å²) in [6.45, 7) is 9.97. The Morgan fingerprint density at radius 3 is 2.50 bits per heavy atom. The van der Waals surface area contributed by atoms with Gasteiger partial charge in [-0.3, -0.25) is 0 Å². The molecule has 0 amide bonds. The fourth-order valence-corrected chi connectivity index (χ4v) is 2.20. The highest BCUT2D eigenvalue weighted by Crippen LogP contribution is 2.20. The molecule has 1 aromatic rings. The maximum absolute atomic E-state index is 4.77. The van der Waals surface area contributed by atoms with E-state index in [-0.39, 0.29) is 0 Å². The first-order chi connectivity index (χ1) is 9.65. The molecule has 0 saturated heterocycles. The lowest BCUT2D eigenvalue weighted by atomic mass is 10.2. The predicted molar refractivity (Wildman–Crippen MR) is 87.6 cm³/mol. The topological polar surface area (TPSA) is 41.0 Å². The van der Waals surface area contributed by atoms with Crippen LogP contribution in [0.1, 0.15) is 59.2 Å². The maximum atomic E-state index is 4.77. The van der Waals surface area contributed by atoms with Gasteiger partial charge in [-0.1, -0.05) is 27.2 Å². The molecule has 1 heterocycles. The van der Waals surface area contributed by atoms with Gasteiger partial charge >= 0.3 is 0 Å². The second-order valence-electron chi connectivity index (χ2n) is 5.33. The van der Waals surface area contributed by atoms with Crippen LogP contribution in [0.2, 0.25) is 0 Å². The van der Waals surface area contributed by atoms with E-state index in [4.69, 9.17) is 4.98 Å². The van der Waals surface area contributed by atoms with Gasteiger partial charge in [0.15, 0.2) is 0 Å². The molecular formula is C16H30N4. The molecule has 0 aliphatic heterocycles. The number of hydrogen-bond donors (Lipinski definition) is 1. The number of nitrogens with one attached hydrogen (secondary N) is 1. The molecule has 4 heteroatoms. The van der Waals surface area contributed by atoms with E-state index in [0.29, 0.717) is 6.04 Å². The van der Waals surface area contributed by atoms with Crippen LogP contribution < -0.4 is 10.2 Å². The number of hydrogen-bond acceptors (Lipinski definition) is 4. The van der Waals surface area contributed by atoms with Crippen LogP contribution in [0, 0.1) is 0 Å². The van der Waals surface area contributed by atoms with Crippen molar-refractivity contribution in [1.82, 2.24) is 9.97 Å². The highest BCUT2D eigenvalue weighted by molar-refractivity contribution is 5.49. The lowest BCUT2D eigenvalue weighted by molar-refractivity contribution is 0.587. The molecule has 0 aliphatic carbocycles. The van der Waals surface area contributed by atoms with Gasteiger partial charge in [-0.25, -0.2) is 9.97 Å². The number of aromatic nitrogens is 2. The first-order valence-electron chi connectivity index (χ1n) is 7.98. The molecule has 1 unspecified atom stereocenters. The van der Waals surface area contributed by atoms with E-state index in [2.05, 4.69) is 49.0 Å². The molecule has 20 heavy (non-hydrogen) atoms. The molecule has 0 saturated carbocycles. The first-order valence-corrected chi connectivity index (χ1v) is 7.98. The van der Waals surface area contributed by atoms with Crippen molar-refractivity contribution in [2.75, 3.05) is 23.8 Å². The van der Waals surface area contributed by atoms with Crippen LogP contribution in [0.5, 0.6) is 0 Å². The van der Waals surface area contributed by atoms with Crippen molar-refractivity contribution in [3.05, 3.63) is 11.9 Å². The number of anilines is 2. The second-order valence-corrected chi connectivity index (χ2v) is 5.33. The van der Waals surface area contributed by atoms with Crippen LogP contribution in [0.25, 0.3) is 0 Å². The van der Waals surface area contributed by atoms with Gasteiger partial charge in [-0.2, -0.15) is 0 Å². The minimum absolute atomic E-state index is 0.510. The van der Waals surface area contributed by atoms with E-state index in [1.807, 2.05) is 7.05 Å². The summed E-state index contributed by atoms with van der Waals surface area (Å²) in [5.74, 6) is 2.93. The zero-order valence-electron chi connectivity index (χ0n) is 13.7. The maximum Gasteiger partial charge on any atom is 0.134 e. The van der Waals surface area contributed by atoms with Crippen molar-refractivity contribution in [3.8, 4) is 0 Å². The average Bonchev–Trinajstić information content (AvgIpc) is 2.47. The zero-order valence-corrected chi connectivity index (χ0v) is 13.7. The summed E-state index contributed by atoms with van der Waals surface area (Å²) < 4.78 is 0. The molecular weight excluding hydrogens is 248 g/mol. The quantitative estimate of drug-likeness (QED) is 0.744. The summed E-state index contributed by atoms with van der Waals surface area (Å²) in [5, 5.41) is 3.16.